The van der Waals surface area contributed by atoms with Crippen molar-refractivity contribution in [3.8, 4) is 6.07 Å². The Labute approximate surface area is 167 Å². The molecular formula is C19H20ClN5O3. The maximum atomic E-state index is 12.5. The van der Waals surface area contributed by atoms with Crippen LogP contribution in [0.2, 0.25) is 5.02 Å². The Balaban J connectivity index is 1.63. The number of amides is 1. The third-order valence-corrected chi connectivity index (χ3v) is 4.81. The number of carbonyl (C=O) groups is 1. The number of benzene rings is 1. The van der Waals surface area contributed by atoms with Gasteiger partial charge in [-0.25, -0.2) is 4.98 Å². The van der Waals surface area contributed by atoms with Crippen molar-refractivity contribution in [2.45, 2.75) is 19.8 Å². The van der Waals surface area contributed by atoms with Gasteiger partial charge in [0.2, 0.25) is 11.9 Å². The number of morpholine rings is 1. The number of H-pyrrole nitrogens is 1. The minimum Gasteiger partial charge on any atom is -0.378 e. The van der Waals surface area contributed by atoms with Crippen LogP contribution >= 0.6 is 11.6 Å². The number of aromatic nitrogens is 2. The van der Waals surface area contributed by atoms with Crippen molar-refractivity contribution in [2.75, 3.05) is 36.5 Å². The van der Waals surface area contributed by atoms with Crippen LogP contribution in [0.4, 0.5) is 11.6 Å². The molecule has 0 atom stereocenters. The first-order valence-electron chi connectivity index (χ1n) is 8.90. The van der Waals surface area contributed by atoms with E-state index in [0.717, 1.165) is 0 Å². The van der Waals surface area contributed by atoms with E-state index in [4.69, 9.17) is 21.6 Å². The molecule has 1 saturated heterocycles. The maximum absolute atomic E-state index is 12.5. The van der Waals surface area contributed by atoms with Crippen LogP contribution in [0.25, 0.3) is 0 Å². The number of anilines is 2. The molecule has 0 unspecified atom stereocenters. The van der Waals surface area contributed by atoms with E-state index in [-0.39, 0.29) is 29.3 Å². The van der Waals surface area contributed by atoms with E-state index in [2.05, 4.69) is 15.3 Å². The van der Waals surface area contributed by atoms with Crippen molar-refractivity contribution in [1.29, 1.82) is 5.26 Å². The summed E-state index contributed by atoms with van der Waals surface area (Å²) in [6.45, 7) is 4.33. The topological polar surface area (TPSA) is 111 Å². The number of nitrogens with one attached hydrogen (secondary N) is 2. The molecule has 1 aromatic carbocycles. The molecule has 1 aliphatic rings. The van der Waals surface area contributed by atoms with Gasteiger partial charge in [-0.15, -0.1) is 0 Å². The van der Waals surface area contributed by atoms with Crippen LogP contribution < -0.4 is 15.8 Å². The minimum absolute atomic E-state index is 0.125. The summed E-state index contributed by atoms with van der Waals surface area (Å²) in [6.07, 6.45) is 0.396. The van der Waals surface area contributed by atoms with Gasteiger partial charge in [0.15, 0.2) is 0 Å². The van der Waals surface area contributed by atoms with Crippen LogP contribution in [-0.4, -0.2) is 42.2 Å². The number of aryl methyl sites for hydroxylation is 1. The molecule has 3 rings (SSSR count). The Morgan fingerprint density at radius 1 is 1.43 bits per heavy atom. The van der Waals surface area contributed by atoms with Gasteiger partial charge in [-0.05, 0) is 31.5 Å². The molecule has 1 amide bonds. The van der Waals surface area contributed by atoms with Crippen molar-refractivity contribution >= 4 is 29.1 Å². The summed E-state index contributed by atoms with van der Waals surface area (Å²) >= 11 is 5.97. The van der Waals surface area contributed by atoms with Crippen LogP contribution in [0.1, 0.15) is 23.2 Å². The monoisotopic (exact) mass is 401 g/mol. The van der Waals surface area contributed by atoms with Gasteiger partial charge in [-0.2, -0.15) is 5.26 Å². The van der Waals surface area contributed by atoms with E-state index < -0.39 is 0 Å². The summed E-state index contributed by atoms with van der Waals surface area (Å²) < 4.78 is 5.31. The highest BCUT2D eigenvalue weighted by molar-refractivity contribution is 6.32. The predicted molar refractivity (Wildman–Crippen MR) is 106 cm³/mol. The molecule has 0 spiro atoms. The normalized spacial score (nSPS) is 13.8. The summed E-state index contributed by atoms with van der Waals surface area (Å²) in [4.78, 5) is 33.9. The molecule has 1 fully saturated rings. The van der Waals surface area contributed by atoms with Gasteiger partial charge in [-0.3, -0.25) is 14.6 Å². The standard InChI is InChI=1S/C19H20ClN5O3/c1-12-15(18(27)24-19(22-12)25-6-8-28-9-7-25)4-5-17(26)23-14-3-2-13(11-21)16(20)10-14/h2-3,10H,4-9H2,1H3,(H,23,26)(H,22,24,27). The van der Waals surface area contributed by atoms with E-state index in [0.29, 0.717) is 54.8 Å². The smallest absolute Gasteiger partial charge is 0.255 e. The third-order valence-electron chi connectivity index (χ3n) is 4.50. The Morgan fingerprint density at radius 2 is 2.18 bits per heavy atom. The van der Waals surface area contributed by atoms with Gasteiger partial charge in [0.1, 0.15) is 6.07 Å². The quantitative estimate of drug-likeness (QED) is 0.792. The second kappa shape index (κ2) is 8.87. The van der Waals surface area contributed by atoms with Crippen molar-refractivity contribution in [2.24, 2.45) is 0 Å². The average molecular weight is 402 g/mol. The number of rotatable bonds is 5. The zero-order valence-corrected chi connectivity index (χ0v) is 16.2. The largest absolute Gasteiger partial charge is 0.378 e. The molecule has 2 heterocycles. The number of hydrogen-bond donors (Lipinski definition) is 2. The zero-order chi connectivity index (χ0) is 20.1. The lowest BCUT2D eigenvalue weighted by Crippen LogP contribution is -2.38. The number of ether oxygens (including phenoxy) is 1. The van der Waals surface area contributed by atoms with Crippen molar-refractivity contribution in [1.82, 2.24) is 9.97 Å². The summed E-state index contributed by atoms with van der Waals surface area (Å²) in [5.41, 5.74) is 1.71. The molecule has 2 aromatic rings. The molecule has 0 saturated carbocycles. The Morgan fingerprint density at radius 3 is 2.82 bits per heavy atom. The molecule has 28 heavy (non-hydrogen) atoms. The van der Waals surface area contributed by atoms with Crippen molar-refractivity contribution in [3.05, 3.63) is 50.4 Å². The molecule has 2 N–H and O–H groups in total. The van der Waals surface area contributed by atoms with Gasteiger partial charge in [0.25, 0.3) is 5.56 Å². The van der Waals surface area contributed by atoms with Gasteiger partial charge in [-0.1, -0.05) is 11.6 Å². The second-order valence-electron chi connectivity index (χ2n) is 6.41. The lowest BCUT2D eigenvalue weighted by Gasteiger charge is -2.27. The molecular weight excluding hydrogens is 382 g/mol. The van der Waals surface area contributed by atoms with Gasteiger partial charge in [0.05, 0.1) is 23.8 Å². The van der Waals surface area contributed by atoms with Gasteiger partial charge >= 0.3 is 0 Å². The van der Waals surface area contributed by atoms with Crippen molar-refractivity contribution in [3.63, 3.8) is 0 Å². The van der Waals surface area contributed by atoms with E-state index in [9.17, 15) is 9.59 Å². The minimum atomic E-state index is -0.253. The molecule has 0 aliphatic carbocycles. The number of carbonyl (C=O) groups excluding carboxylic acids is 1. The molecule has 8 nitrogen and oxygen atoms in total. The number of hydrogen-bond acceptors (Lipinski definition) is 6. The van der Waals surface area contributed by atoms with Crippen LogP contribution in [0.15, 0.2) is 23.0 Å². The Hall–Kier alpha value is -2.89. The lowest BCUT2D eigenvalue weighted by atomic mass is 10.1. The fourth-order valence-corrected chi connectivity index (χ4v) is 3.18. The van der Waals surface area contributed by atoms with Crippen molar-refractivity contribution < 1.29 is 9.53 Å². The van der Waals surface area contributed by atoms with Crippen LogP contribution in [0.3, 0.4) is 0 Å². The average Bonchev–Trinajstić information content (AvgIpc) is 2.68. The zero-order valence-electron chi connectivity index (χ0n) is 15.4. The Bertz CT molecular complexity index is 977. The summed E-state index contributed by atoms with van der Waals surface area (Å²) in [5, 5.41) is 11.9. The summed E-state index contributed by atoms with van der Waals surface area (Å²) in [7, 11) is 0. The van der Waals surface area contributed by atoms with E-state index in [1.165, 1.54) is 6.07 Å². The highest BCUT2D eigenvalue weighted by atomic mass is 35.5. The fourth-order valence-electron chi connectivity index (χ4n) is 2.96. The molecule has 0 radical (unpaired) electrons. The highest BCUT2D eigenvalue weighted by Gasteiger charge is 2.17. The highest BCUT2D eigenvalue weighted by Crippen LogP contribution is 2.20. The number of halogens is 1. The van der Waals surface area contributed by atoms with E-state index >= 15 is 0 Å². The van der Waals surface area contributed by atoms with Gasteiger partial charge in [0, 0.05) is 36.5 Å². The van der Waals surface area contributed by atoms with E-state index in [1.807, 2.05) is 11.0 Å². The maximum Gasteiger partial charge on any atom is 0.255 e. The number of nitrogens with zero attached hydrogens (tertiary/aromatic N) is 3. The number of nitriles is 1. The molecule has 1 aromatic heterocycles. The fraction of sp³-hybridized carbons (Fsp3) is 0.368. The Kier molecular flexibility index (Phi) is 6.29. The van der Waals surface area contributed by atoms with Crippen LogP contribution in [-0.2, 0) is 16.0 Å². The molecule has 0 bridgehead atoms. The molecule has 1 aliphatic heterocycles. The first kappa shape index (κ1) is 19.9. The first-order chi connectivity index (χ1) is 13.5. The molecule has 9 heteroatoms. The lowest BCUT2D eigenvalue weighted by molar-refractivity contribution is -0.116. The van der Waals surface area contributed by atoms with E-state index in [1.54, 1.807) is 19.1 Å². The first-order valence-corrected chi connectivity index (χ1v) is 9.27. The second-order valence-corrected chi connectivity index (χ2v) is 6.81. The molecule has 146 valence electrons. The third kappa shape index (κ3) is 4.68. The van der Waals surface area contributed by atoms with Crippen LogP contribution in [0.5, 0.6) is 0 Å². The SMILES string of the molecule is Cc1nc(N2CCOCC2)[nH]c(=O)c1CCC(=O)Nc1ccc(C#N)c(Cl)c1. The number of aromatic amines is 1. The van der Waals surface area contributed by atoms with Crippen LogP contribution in [0, 0.1) is 18.3 Å². The predicted octanol–water partition coefficient (Wildman–Crippen LogP) is 2.01. The van der Waals surface area contributed by atoms with Gasteiger partial charge < -0.3 is 15.0 Å². The summed E-state index contributed by atoms with van der Waals surface area (Å²) in [5.74, 6) is 0.281. The summed E-state index contributed by atoms with van der Waals surface area (Å²) in [6, 6.07) is 6.64.